The van der Waals surface area contributed by atoms with Crippen LogP contribution in [0.4, 0.5) is 11.4 Å². The van der Waals surface area contributed by atoms with E-state index in [-0.39, 0.29) is 10.6 Å². The maximum absolute atomic E-state index is 10.9. The summed E-state index contributed by atoms with van der Waals surface area (Å²) in [5, 5.41) is 11.4. The highest BCUT2D eigenvalue weighted by Gasteiger charge is 2.27. The van der Waals surface area contributed by atoms with Crippen molar-refractivity contribution >= 4 is 27.3 Å². The summed E-state index contributed by atoms with van der Waals surface area (Å²) in [6.45, 7) is 6.56. The molecule has 0 radical (unpaired) electrons. The van der Waals surface area contributed by atoms with Gasteiger partial charge in [0.05, 0.1) is 4.92 Å². The molecule has 1 saturated heterocycles. The molecule has 98 valence electrons. The van der Waals surface area contributed by atoms with E-state index in [2.05, 4.69) is 34.7 Å². The van der Waals surface area contributed by atoms with Crippen molar-refractivity contribution in [2.75, 3.05) is 18.0 Å². The molecule has 18 heavy (non-hydrogen) atoms. The molecule has 0 amide bonds. The van der Waals surface area contributed by atoms with Crippen molar-refractivity contribution in [2.45, 2.75) is 19.2 Å². The molecule has 1 aromatic carbocycles. The lowest BCUT2D eigenvalue weighted by molar-refractivity contribution is -0.385. The van der Waals surface area contributed by atoms with E-state index in [1.54, 1.807) is 6.07 Å². The smallest absolute Gasteiger partial charge is 0.273 e. The van der Waals surface area contributed by atoms with Crippen LogP contribution in [0.1, 0.15) is 19.4 Å². The fraction of sp³-hybridized carbons (Fsp3) is 0.538. The SMILES string of the molecule is CC1CN(c2ccc([N+](=O)[O-])c(CBr)c2)CC1C. The summed E-state index contributed by atoms with van der Waals surface area (Å²) in [5.41, 5.74) is 2.02. The Hall–Kier alpha value is -1.10. The van der Waals surface area contributed by atoms with E-state index >= 15 is 0 Å². The summed E-state index contributed by atoms with van der Waals surface area (Å²) in [6.07, 6.45) is 0. The number of nitrogens with zero attached hydrogens (tertiary/aromatic N) is 2. The number of hydrogen-bond donors (Lipinski definition) is 0. The topological polar surface area (TPSA) is 46.4 Å². The molecule has 1 heterocycles. The molecule has 0 aromatic heterocycles. The molecule has 0 bridgehead atoms. The van der Waals surface area contributed by atoms with Gasteiger partial charge in [-0.3, -0.25) is 10.1 Å². The van der Waals surface area contributed by atoms with Crippen LogP contribution >= 0.6 is 15.9 Å². The Kier molecular flexibility index (Phi) is 3.90. The Morgan fingerprint density at radius 1 is 1.39 bits per heavy atom. The molecule has 0 aliphatic carbocycles. The van der Waals surface area contributed by atoms with E-state index in [4.69, 9.17) is 0 Å². The molecule has 1 aromatic rings. The average Bonchev–Trinajstić information content (AvgIpc) is 2.68. The first kappa shape index (κ1) is 13.3. The van der Waals surface area contributed by atoms with Crippen molar-refractivity contribution in [3.05, 3.63) is 33.9 Å². The van der Waals surface area contributed by atoms with E-state index in [0.717, 1.165) is 24.3 Å². The second-order valence-electron chi connectivity index (χ2n) is 5.06. The standard InChI is InChI=1S/C13H17BrN2O2/c1-9-7-15(8-10(9)2)12-3-4-13(16(17)18)11(5-12)6-14/h3-5,9-10H,6-8H2,1-2H3. The Morgan fingerprint density at radius 3 is 2.50 bits per heavy atom. The predicted molar refractivity (Wildman–Crippen MR) is 76.3 cm³/mol. The Bertz CT molecular complexity index is 454. The largest absolute Gasteiger partial charge is 0.371 e. The number of hydrogen-bond acceptors (Lipinski definition) is 3. The molecule has 0 saturated carbocycles. The fourth-order valence-corrected chi connectivity index (χ4v) is 2.84. The maximum atomic E-state index is 10.9. The van der Waals surface area contributed by atoms with Gasteiger partial charge in [0.25, 0.3) is 5.69 Å². The minimum absolute atomic E-state index is 0.191. The molecule has 2 atom stereocenters. The first-order chi connectivity index (χ1) is 8.52. The number of halogens is 1. The van der Waals surface area contributed by atoms with Gasteiger partial charge in [-0.2, -0.15) is 0 Å². The van der Waals surface area contributed by atoms with Crippen molar-refractivity contribution in [3.63, 3.8) is 0 Å². The van der Waals surface area contributed by atoms with Gasteiger partial charge >= 0.3 is 0 Å². The Morgan fingerprint density at radius 2 is 2.00 bits per heavy atom. The molecule has 2 unspecified atom stereocenters. The van der Waals surface area contributed by atoms with Crippen LogP contribution in [0.5, 0.6) is 0 Å². The zero-order chi connectivity index (χ0) is 13.3. The van der Waals surface area contributed by atoms with Gasteiger partial charge in [-0.15, -0.1) is 0 Å². The van der Waals surface area contributed by atoms with Gasteiger partial charge in [0.15, 0.2) is 0 Å². The van der Waals surface area contributed by atoms with Crippen LogP contribution in [0.25, 0.3) is 0 Å². The summed E-state index contributed by atoms with van der Waals surface area (Å²) in [4.78, 5) is 12.9. The second-order valence-corrected chi connectivity index (χ2v) is 5.62. The molecule has 0 N–H and O–H groups in total. The lowest BCUT2D eigenvalue weighted by Crippen LogP contribution is -2.19. The molecular formula is C13H17BrN2O2. The van der Waals surface area contributed by atoms with Crippen molar-refractivity contribution in [1.82, 2.24) is 0 Å². The summed E-state index contributed by atoms with van der Waals surface area (Å²) < 4.78 is 0. The van der Waals surface area contributed by atoms with E-state index in [1.807, 2.05) is 12.1 Å². The third-order valence-electron chi connectivity index (χ3n) is 3.76. The minimum atomic E-state index is -0.324. The summed E-state index contributed by atoms with van der Waals surface area (Å²) in [6, 6.07) is 5.40. The van der Waals surface area contributed by atoms with Crippen molar-refractivity contribution in [1.29, 1.82) is 0 Å². The number of alkyl halides is 1. The molecule has 1 fully saturated rings. The van der Waals surface area contributed by atoms with Crippen molar-refractivity contribution in [2.24, 2.45) is 11.8 Å². The van der Waals surface area contributed by atoms with Gasteiger partial charge in [-0.05, 0) is 24.0 Å². The minimum Gasteiger partial charge on any atom is -0.371 e. The van der Waals surface area contributed by atoms with Crippen LogP contribution in [-0.2, 0) is 5.33 Å². The number of benzene rings is 1. The molecule has 0 spiro atoms. The summed E-state index contributed by atoms with van der Waals surface area (Å²) >= 11 is 3.32. The molecule has 1 aliphatic heterocycles. The van der Waals surface area contributed by atoms with Gasteiger partial charge in [-0.25, -0.2) is 0 Å². The van der Waals surface area contributed by atoms with Crippen LogP contribution in [0, 0.1) is 22.0 Å². The molecule has 5 heteroatoms. The highest BCUT2D eigenvalue weighted by molar-refractivity contribution is 9.08. The Labute approximate surface area is 115 Å². The zero-order valence-electron chi connectivity index (χ0n) is 10.6. The maximum Gasteiger partial charge on any atom is 0.273 e. The quantitative estimate of drug-likeness (QED) is 0.487. The summed E-state index contributed by atoms with van der Waals surface area (Å²) in [5.74, 6) is 1.35. The van der Waals surface area contributed by atoms with Crippen LogP contribution in [0.3, 0.4) is 0 Å². The van der Waals surface area contributed by atoms with E-state index in [9.17, 15) is 10.1 Å². The second kappa shape index (κ2) is 5.26. The van der Waals surface area contributed by atoms with Crippen molar-refractivity contribution < 1.29 is 4.92 Å². The lowest BCUT2D eigenvalue weighted by atomic mass is 10.0. The van der Waals surface area contributed by atoms with Gasteiger partial charge in [0.2, 0.25) is 0 Å². The number of nitro groups is 1. The monoisotopic (exact) mass is 312 g/mol. The lowest BCUT2D eigenvalue weighted by Gasteiger charge is -2.19. The Balaban J connectivity index is 2.28. The highest BCUT2D eigenvalue weighted by Crippen LogP contribution is 2.31. The molecule has 4 nitrogen and oxygen atoms in total. The van der Waals surface area contributed by atoms with Gasteiger partial charge in [0.1, 0.15) is 0 Å². The van der Waals surface area contributed by atoms with E-state index < -0.39 is 0 Å². The van der Waals surface area contributed by atoms with Gasteiger partial charge < -0.3 is 4.90 Å². The van der Waals surface area contributed by atoms with Crippen LogP contribution < -0.4 is 4.90 Å². The van der Waals surface area contributed by atoms with Crippen molar-refractivity contribution in [3.8, 4) is 0 Å². The highest BCUT2D eigenvalue weighted by atomic mass is 79.9. The number of anilines is 1. The number of nitro benzene ring substituents is 1. The van der Waals surface area contributed by atoms with Crippen LogP contribution in [0.15, 0.2) is 18.2 Å². The molecular weight excluding hydrogens is 296 g/mol. The van der Waals surface area contributed by atoms with Gasteiger partial charge in [0, 0.05) is 35.7 Å². The average molecular weight is 313 g/mol. The van der Waals surface area contributed by atoms with Crippen LogP contribution in [-0.4, -0.2) is 18.0 Å². The first-order valence-corrected chi connectivity index (χ1v) is 7.23. The fourth-order valence-electron chi connectivity index (χ4n) is 2.39. The molecule has 2 rings (SSSR count). The normalized spacial score (nSPS) is 23.4. The molecule has 1 aliphatic rings. The third kappa shape index (κ3) is 2.51. The zero-order valence-corrected chi connectivity index (χ0v) is 12.2. The predicted octanol–water partition coefficient (Wildman–Crippen LogP) is 3.58. The first-order valence-electron chi connectivity index (χ1n) is 6.11. The third-order valence-corrected chi connectivity index (χ3v) is 4.36. The van der Waals surface area contributed by atoms with E-state index in [0.29, 0.717) is 17.2 Å². The number of rotatable bonds is 3. The van der Waals surface area contributed by atoms with Crippen LogP contribution in [0.2, 0.25) is 0 Å². The van der Waals surface area contributed by atoms with Gasteiger partial charge in [-0.1, -0.05) is 29.8 Å². The van der Waals surface area contributed by atoms with E-state index in [1.165, 1.54) is 0 Å². The summed E-state index contributed by atoms with van der Waals surface area (Å²) in [7, 11) is 0.